The van der Waals surface area contributed by atoms with Gasteiger partial charge in [0, 0.05) is 0 Å². The molecule has 0 aromatic heterocycles. The quantitative estimate of drug-likeness (QED) is 0.783. The summed E-state index contributed by atoms with van der Waals surface area (Å²) in [5, 5.41) is 18.7. The molecule has 1 atom stereocenters. The molecule has 0 spiro atoms. The number of benzene rings is 1. The molecule has 1 heterocycles. The van der Waals surface area contributed by atoms with Crippen LogP contribution in [0.25, 0.3) is 0 Å². The van der Waals surface area contributed by atoms with Gasteiger partial charge in [-0.05, 0) is 30.9 Å². The van der Waals surface area contributed by atoms with Crippen molar-refractivity contribution in [2.75, 3.05) is 0 Å². The number of aliphatic hydroxyl groups is 1. The van der Waals surface area contributed by atoms with E-state index in [1.165, 1.54) is 12.1 Å². The van der Waals surface area contributed by atoms with Gasteiger partial charge in [-0.15, -0.1) is 0 Å². The Hall–Kier alpha value is -2.21. The van der Waals surface area contributed by atoms with Crippen molar-refractivity contribution in [2.24, 2.45) is 5.92 Å². The van der Waals surface area contributed by atoms with Crippen molar-refractivity contribution >= 4 is 17.8 Å². The van der Waals surface area contributed by atoms with Crippen LogP contribution in [0.5, 0.6) is 0 Å². The number of carboxylic acid groups (broad SMARTS) is 1. The van der Waals surface area contributed by atoms with Gasteiger partial charge in [-0.1, -0.05) is 12.1 Å². The number of carbonyl (C=O) groups is 3. The van der Waals surface area contributed by atoms with E-state index in [-0.39, 0.29) is 17.0 Å². The highest BCUT2D eigenvalue weighted by atomic mass is 16.4. The Labute approximate surface area is 114 Å². The van der Waals surface area contributed by atoms with Gasteiger partial charge in [0.25, 0.3) is 11.8 Å². The molecule has 0 saturated heterocycles. The van der Waals surface area contributed by atoms with E-state index in [1.54, 1.807) is 12.1 Å². The number of nitrogens with zero attached hydrogens (tertiary/aromatic N) is 1. The summed E-state index contributed by atoms with van der Waals surface area (Å²) in [6.45, 7) is 0. The maximum atomic E-state index is 12.3. The van der Waals surface area contributed by atoms with Gasteiger partial charge in [0.05, 0.1) is 17.2 Å². The zero-order valence-corrected chi connectivity index (χ0v) is 10.5. The topological polar surface area (TPSA) is 94.9 Å². The molecule has 0 unspecified atom stereocenters. The molecule has 1 aliphatic carbocycles. The highest BCUT2D eigenvalue weighted by Gasteiger charge is 2.49. The monoisotopic (exact) mass is 275 g/mol. The largest absolute Gasteiger partial charge is 0.480 e. The second kappa shape index (κ2) is 4.42. The fourth-order valence-electron chi connectivity index (χ4n) is 2.87. The van der Waals surface area contributed by atoms with Crippen LogP contribution in [0.4, 0.5) is 0 Å². The first kappa shape index (κ1) is 12.8. The molecule has 1 fully saturated rings. The van der Waals surface area contributed by atoms with E-state index in [2.05, 4.69) is 0 Å². The van der Waals surface area contributed by atoms with Crippen LogP contribution < -0.4 is 0 Å². The molecule has 0 bridgehead atoms. The van der Waals surface area contributed by atoms with E-state index >= 15 is 0 Å². The molecule has 2 N–H and O–H groups in total. The van der Waals surface area contributed by atoms with E-state index in [1.807, 2.05) is 0 Å². The molecule has 1 aromatic carbocycles. The third-order valence-corrected chi connectivity index (χ3v) is 3.95. The summed E-state index contributed by atoms with van der Waals surface area (Å²) in [6, 6.07) is 5.10. The molecule has 1 saturated carbocycles. The summed E-state index contributed by atoms with van der Waals surface area (Å²) in [6.07, 6.45) is 0.0476. The fourth-order valence-corrected chi connectivity index (χ4v) is 2.87. The number of aliphatic carboxylic acids is 1. The standard InChI is InChI=1S/C14H13NO5/c16-8-5-7(6-8)11(14(19)20)15-12(17)9-3-1-2-4-10(9)13(15)18/h1-4,7-8,11,16H,5-6H2,(H,19,20)/t7?,8?,11-/m1/s1. The van der Waals surface area contributed by atoms with Crippen LogP contribution in [0.15, 0.2) is 24.3 Å². The zero-order chi connectivity index (χ0) is 14.4. The summed E-state index contributed by atoms with van der Waals surface area (Å²) in [5.74, 6) is -2.74. The van der Waals surface area contributed by atoms with E-state index in [4.69, 9.17) is 0 Å². The van der Waals surface area contributed by atoms with Gasteiger partial charge >= 0.3 is 5.97 Å². The number of rotatable bonds is 3. The lowest BCUT2D eigenvalue weighted by atomic mass is 9.76. The van der Waals surface area contributed by atoms with E-state index in [0.717, 1.165) is 4.90 Å². The van der Waals surface area contributed by atoms with Crippen LogP contribution in [0.3, 0.4) is 0 Å². The minimum atomic E-state index is -1.21. The predicted molar refractivity (Wildman–Crippen MR) is 67.1 cm³/mol. The summed E-state index contributed by atoms with van der Waals surface area (Å²) >= 11 is 0. The molecule has 6 nitrogen and oxygen atoms in total. The van der Waals surface area contributed by atoms with Crippen LogP contribution in [-0.2, 0) is 4.79 Å². The first-order chi connectivity index (χ1) is 9.50. The second-order valence-electron chi connectivity index (χ2n) is 5.19. The molecule has 1 aliphatic heterocycles. The van der Waals surface area contributed by atoms with E-state index in [9.17, 15) is 24.6 Å². The lowest BCUT2D eigenvalue weighted by Crippen LogP contribution is -2.53. The van der Waals surface area contributed by atoms with Crippen LogP contribution in [0, 0.1) is 5.92 Å². The molecular weight excluding hydrogens is 262 g/mol. The number of hydrogen-bond donors (Lipinski definition) is 2. The van der Waals surface area contributed by atoms with Gasteiger partial charge in [0.1, 0.15) is 6.04 Å². The van der Waals surface area contributed by atoms with Crippen LogP contribution in [0.1, 0.15) is 33.6 Å². The van der Waals surface area contributed by atoms with Gasteiger partial charge in [0.2, 0.25) is 0 Å². The van der Waals surface area contributed by atoms with Crippen molar-refractivity contribution in [2.45, 2.75) is 25.0 Å². The third-order valence-electron chi connectivity index (χ3n) is 3.95. The third kappa shape index (κ3) is 1.72. The van der Waals surface area contributed by atoms with Crippen molar-refractivity contribution < 1.29 is 24.6 Å². The number of carboxylic acids is 1. The average Bonchev–Trinajstić information content (AvgIpc) is 2.62. The molecule has 3 rings (SSSR count). The Bertz CT molecular complexity index is 570. The average molecular weight is 275 g/mol. The van der Waals surface area contributed by atoms with Gasteiger partial charge in [-0.2, -0.15) is 0 Å². The van der Waals surface area contributed by atoms with Crippen LogP contribution in [0.2, 0.25) is 0 Å². The lowest BCUT2D eigenvalue weighted by Gasteiger charge is -2.38. The smallest absolute Gasteiger partial charge is 0.327 e. The minimum absolute atomic E-state index is 0.239. The SMILES string of the molecule is O=C(O)[C@@H](C1CC(O)C1)N1C(=O)c2ccccc2C1=O. The highest BCUT2D eigenvalue weighted by molar-refractivity contribution is 6.22. The Morgan fingerprint density at radius 3 is 2.05 bits per heavy atom. The number of aliphatic hydroxyl groups excluding tert-OH is 1. The number of amides is 2. The van der Waals surface area contributed by atoms with Crippen molar-refractivity contribution in [1.29, 1.82) is 0 Å². The Kier molecular flexibility index (Phi) is 2.83. The fraction of sp³-hybridized carbons (Fsp3) is 0.357. The molecular formula is C14H13NO5. The van der Waals surface area contributed by atoms with Crippen LogP contribution in [-0.4, -0.2) is 45.0 Å². The number of imide groups is 1. The van der Waals surface area contributed by atoms with Crippen molar-refractivity contribution in [3.8, 4) is 0 Å². The molecule has 2 aliphatic rings. The summed E-state index contributed by atoms with van der Waals surface area (Å²) in [4.78, 5) is 36.8. The first-order valence-electron chi connectivity index (χ1n) is 6.38. The summed E-state index contributed by atoms with van der Waals surface area (Å²) in [7, 11) is 0. The maximum absolute atomic E-state index is 12.3. The molecule has 0 radical (unpaired) electrons. The first-order valence-corrected chi connectivity index (χ1v) is 6.38. The number of carbonyl (C=O) groups excluding carboxylic acids is 2. The Morgan fingerprint density at radius 2 is 1.65 bits per heavy atom. The molecule has 20 heavy (non-hydrogen) atoms. The Balaban J connectivity index is 1.96. The molecule has 104 valence electrons. The molecule has 2 amide bonds. The predicted octanol–water partition coefficient (Wildman–Crippen LogP) is 0.507. The number of hydrogen-bond acceptors (Lipinski definition) is 4. The van der Waals surface area contributed by atoms with Gasteiger partial charge in [-0.25, -0.2) is 4.79 Å². The zero-order valence-electron chi connectivity index (χ0n) is 10.5. The Morgan fingerprint density at radius 1 is 1.15 bits per heavy atom. The second-order valence-corrected chi connectivity index (χ2v) is 5.19. The molecule has 1 aromatic rings. The van der Waals surface area contributed by atoms with Gasteiger partial charge < -0.3 is 10.2 Å². The minimum Gasteiger partial charge on any atom is -0.480 e. The van der Waals surface area contributed by atoms with Crippen molar-refractivity contribution in [3.63, 3.8) is 0 Å². The highest BCUT2D eigenvalue weighted by Crippen LogP contribution is 2.36. The molecule has 6 heteroatoms. The maximum Gasteiger partial charge on any atom is 0.327 e. The normalized spacial score (nSPS) is 26.1. The lowest BCUT2D eigenvalue weighted by molar-refractivity contribution is -0.146. The van der Waals surface area contributed by atoms with Crippen molar-refractivity contribution in [1.82, 2.24) is 4.90 Å². The summed E-state index contributed by atoms with van der Waals surface area (Å²) in [5.41, 5.74) is 0.479. The summed E-state index contributed by atoms with van der Waals surface area (Å²) < 4.78 is 0. The van der Waals surface area contributed by atoms with E-state index in [0.29, 0.717) is 12.8 Å². The van der Waals surface area contributed by atoms with Gasteiger partial charge in [0.15, 0.2) is 0 Å². The van der Waals surface area contributed by atoms with Crippen molar-refractivity contribution in [3.05, 3.63) is 35.4 Å². The number of fused-ring (bicyclic) bond motifs is 1. The van der Waals surface area contributed by atoms with E-state index < -0.39 is 29.9 Å². The van der Waals surface area contributed by atoms with Crippen LogP contribution >= 0.6 is 0 Å². The van der Waals surface area contributed by atoms with Gasteiger partial charge in [-0.3, -0.25) is 14.5 Å².